The quantitative estimate of drug-likeness (QED) is 0.592. The van der Waals surface area contributed by atoms with Crippen LogP contribution < -0.4 is 4.90 Å². The summed E-state index contributed by atoms with van der Waals surface area (Å²) in [5.74, 6) is 2.14. The number of ether oxygens (including phenoxy) is 1. The SMILES string of the molecule is CCCSc1cc(N2CCOCC2)ncn1. The van der Waals surface area contributed by atoms with Crippen molar-refractivity contribution < 1.29 is 4.74 Å². The van der Waals surface area contributed by atoms with Crippen LogP contribution in [0.15, 0.2) is 17.4 Å². The Labute approximate surface area is 100 Å². The zero-order valence-electron chi connectivity index (χ0n) is 9.56. The van der Waals surface area contributed by atoms with Gasteiger partial charge in [-0.1, -0.05) is 6.92 Å². The van der Waals surface area contributed by atoms with Crippen LogP contribution in [0.1, 0.15) is 13.3 Å². The number of morpholine rings is 1. The molecule has 0 spiro atoms. The third-order valence-electron chi connectivity index (χ3n) is 2.42. The first-order valence-corrected chi connectivity index (χ1v) is 6.66. The Morgan fingerprint density at radius 2 is 2.19 bits per heavy atom. The molecule has 0 aliphatic carbocycles. The summed E-state index contributed by atoms with van der Waals surface area (Å²) >= 11 is 1.79. The third kappa shape index (κ3) is 3.09. The lowest BCUT2D eigenvalue weighted by molar-refractivity contribution is 0.122. The van der Waals surface area contributed by atoms with Crippen molar-refractivity contribution in [1.82, 2.24) is 9.97 Å². The van der Waals surface area contributed by atoms with Gasteiger partial charge < -0.3 is 9.64 Å². The van der Waals surface area contributed by atoms with Crippen LogP contribution in [-0.2, 0) is 4.74 Å². The Kier molecular flexibility index (Phi) is 4.42. The van der Waals surface area contributed by atoms with E-state index in [-0.39, 0.29) is 0 Å². The van der Waals surface area contributed by atoms with E-state index in [4.69, 9.17) is 4.74 Å². The highest BCUT2D eigenvalue weighted by molar-refractivity contribution is 7.99. The van der Waals surface area contributed by atoms with Crippen LogP contribution in [0.25, 0.3) is 0 Å². The summed E-state index contributed by atoms with van der Waals surface area (Å²) in [6.07, 6.45) is 2.82. The van der Waals surface area contributed by atoms with E-state index in [1.165, 1.54) is 6.42 Å². The van der Waals surface area contributed by atoms with E-state index < -0.39 is 0 Å². The van der Waals surface area contributed by atoms with Crippen molar-refractivity contribution in [3.05, 3.63) is 12.4 Å². The number of anilines is 1. The average molecular weight is 239 g/mol. The molecule has 1 aliphatic rings. The molecule has 0 N–H and O–H groups in total. The molecule has 5 heteroatoms. The third-order valence-corrected chi connectivity index (χ3v) is 3.55. The number of hydrogen-bond acceptors (Lipinski definition) is 5. The molecule has 0 aromatic carbocycles. The van der Waals surface area contributed by atoms with Gasteiger partial charge in [-0.15, -0.1) is 11.8 Å². The summed E-state index contributed by atoms with van der Waals surface area (Å²) in [5.41, 5.74) is 0. The van der Waals surface area contributed by atoms with Crippen molar-refractivity contribution in [2.75, 3.05) is 37.0 Å². The molecule has 0 saturated carbocycles. The molecule has 88 valence electrons. The van der Waals surface area contributed by atoms with Gasteiger partial charge in [0.2, 0.25) is 0 Å². The predicted molar refractivity (Wildman–Crippen MR) is 66.1 cm³/mol. The molecule has 0 bridgehead atoms. The van der Waals surface area contributed by atoms with Crippen LogP contribution >= 0.6 is 11.8 Å². The molecule has 2 rings (SSSR count). The van der Waals surface area contributed by atoms with Gasteiger partial charge in [-0.3, -0.25) is 0 Å². The van der Waals surface area contributed by atoms with Gasteiger partial charge in [0.05, 0.1) is 13.2 Å². The minimum atomic E-state index is 0.793. The predicted octanol–water partition coefficient (Wildman–Crippen LogP) is 1.82. The number of rotatable bonds is 4. The van der Waals surface area contributed by atoms with E-state index in [0.717, 1.165) is 42.9 Å². The fourth-order valence-electron chi connectivity index (χ4n) is 1.58. The van der Waals surface area contributed by atoms with Crippen molar-refractivity contribution in [1.29, 1.82) is 0 Å². The second-order valence-electron chi connectivity index (χ2n) is 3.66. The number of nitrogens with zero attached hydrogens (tertiary/aromatic N) is 3. The highest BCUT2D eigenvalue weighted by Crippen LogP contribution is 2.20. The standard InChI is InChI=1S/C11H17N3OS/c1-2-7-16-11-8-10(12-9-13-11)14-3-5-15-6-4-14/h8-9H,2-7H2,1H3. The van der Waals surface area contributed by atoms with Crippen LogP contribution in [-0.4, -0.2) is 42.0 Å². The molecule has 0 radical (unpaired) electrons. The van der Waals surface area contributed by atoms with E-state index in [2.05, 4.69) is 27.9 Å². The maximum Gasteiger partial charge on any atom is 0.133 e. The van der Waals surface area contributed by atoms with Gasteiger partial charge in [0.25, 0.3) is 0 Å². The van der Waals surface area contributed by atoms with Crippen LogP contribution in [0.2, 0.25) is 0 Å². The van der Waals surface area contributed by atoms with Crippen LogP contribution in [0, 0.1) is 0 Å². The van der Waals surface area contributed by atoms with Gasteiger partial charge in [-0.25, -0.2) is 9.97 Å². The van der Waals surface area contributed by atoms with Gasteiger partial charge in [0.15, 0.2) is 0 Å². The minimum absolute atomic E-state index is 0.793. The Balaban J connectivity index is 2.02. The van der Waals surface area contributed by atoms with Gasteiger partial charge in [0.1, 0.15) is 17.2 Å². The molecule has 16 heavy (non-hydrogen) atoms. The molecule has 1 aromatic rings. The van der Waals surface area contributed by atoms with Crippen molar-refractivity contribution in [2.24, 2.45) is 0 Å². The highest BCUT2D eigenvalue weighted by Gasteiger charge is 2.12. The summed E-state index contributed by atoms with van der Waals surface area (Å²) in [6, 6.07) is 2.08. The Bertz CT molecular complexity index is 329. The van der Waals surface area contributed by atoms with Gasteiger partial charge >= 0.3 is 0 Å². The van der Waals surface area contributed by atoms with Gasteiger partial charge in [0, 0.05) is 19.2 Å². The second kappa shape index (κ2) is 6.06. The number of thioether (sulfide) groups is 1. The maximum atomic E-state index is 5.33. The normalized spacial score (nSPS) is 16.4. The fourth-order valence-corrected chi connectivity index (χ4v) is 2.30. The van der Waals surface area contributed by atoms with Gasteiger partial charge in [-0.05, 0) is 12.2 Å². The lowest BCUT2D eigenvalue weighted by atomic mass is 10.4. The fraction of sp³-hybridized carbons (Fsp3) is 0.636. The Hall–Kier alpha value is -0.810. The van der Waals surface area contributed by atoms with Crippen molar-refractivity contribution in [3.8, 4) is 0 Å². The zero-order valence-corrected chi connectivity index (χ0v) is 10.4. The minimum Gasteiger partial charge on any atom is -0.378 e. The van der Waals surface area contributed by atoms with Crippen LogP contribution in [0.5, 0.6) is 0 Å². The monoisotopic (exact) mass is 239 g/mol. The number of aromatic nitrogens is 2. The first-order chi connectivity index (χ1) is 7.90. The molecule has 1 fully saturated rings. The largest absolute Gasteiger partial charge is 0.378 e. The summed E-state index contributed by atoms with van der Waals surface area (Å²) in [6.45, 7) is 5.61. The molecule has 1 saturated heterocycles. The van der Waals surface area contributed by atoms with Crippen molar-refractivity contribution >= 4 is 17.6 Å². The van der Waals surface area contributed by atoms with Crippen molar-refractivity contribution in [2.45, 2.75) is 18.4 Å². The van der Waals surface area contributed by atoms with Crippen molar-refractivity contribution in [3.63, 3.8) is 0 Å². The van der Waals surface area contributed by atoms with Crippen LogP contribution in [0.4, 0.5) is 5.82 Å². The maximum absolute atomic E-state index is 5.33. The first-order valence-electron chi connectivity index (χ1n) is 5.67. The summed E-state index contributed by atoms with van der Waals surface area (Å²) < 4.78 is 5.33. The Morgan fingerprint density at radius 1 is 1.38 bits per heavy atom. The van der Waals surface area contributed by atoms with E-state index in [1.54, 1.807) is 18.1 Å². The number of hydrogen-bond donors (Lipinski definition) is 0. The topological polar surface area (TPSA) is 38.2 Å². The summed E-state index contributed by atoms with van der Waals surface area (Å²) in [5, 5.41) is 1.07. The molecular formula is C11H17N3OS. The zero-order chi connectivity index (χ0) is 11.2. The molecule has 1 aliphatic heterocycles. The Morgan fingerprint density at radius 3 is 2.94 bits per heavy atom. The molecule has 4 nitrogen and oxygen atoms in total. The molecule has 2 heterocycles. The first kappa shape index (κ1) is 11.7. The second-order valence-corrected chi connectivity index (χ2v) is 4.78. The van der Waals surface area contributed by atoms with E-state index in [1.807, 2.05) is 0 Å². The highest BCUT2D eigenvalue weighted by atomic mass is 32.2. The molecule has 1 aromatic heterocycles. The molecule has 0 amide bonds. The lowest BCUT2D eigenvalue weighted by Gasteiger charge is -2.27. The van der Waals surface area contributed by atoms with Crippen LogP contribution in [0.3, 0.4) is 0 Å². The molecule has 0 unspecified atom stereocenters. The smallest absolute Gasteiger partial charge is 0.133 e. The molecular weight excluding hydrogens is 222 g/mol. The molecule has 0 atom stereocenters. The summed E-state index contributed by atoms with van der Waals surface area (Å²) in [7, 11) is 0. The van der Waals surface area contributed by atoms with E-state index in [0.29, 0.717) is 0 Å². The van der Waals surface area contributed by atoms with E-state index in [9.17, 15) is 0 Å². The lowest BCUT2D eigenvalue weighted by Crippen LogP contribution is -2.36. The van der Waals surface area contributed by atoms with E-state index >= 15 is 0 Å². The average Bonchev–Trinajstić information content (AvgIpc) is 2.38. The van der Waals surface area contributed by atoms with Gasteiger partial charge in [-0.2, -0.15) is 0 Å². The summed E-state index contributed by atoms with van der Waals surface area (Å²) in [4.78, 5) is 10.8.